The quantitative estimate of drug-likeness (QED) is 0.486. The number of nitrogens with two attached hydrogens (primary N) is 1. The summed E-state index contributed by atoms with van der Waals surface area (Å²) in [6.07, 6.45) is 2.51. The number of nitrogens with zero attached hydrogens (tertiary/aromatic N) is 4. The number of unbranched alkanes of at least 4 members (excludes halogenated alkanes) is 1. The highest BCUT2D eigenvalue weighted by Gasteiger charge is 2.15. The van der Waals surface area contributed by atoms with Crippen LogP contribution in [0.4, 0.5) is 0 Å². The zero-order valence-electron chi connectivity index (χ0n) is 12.5. The van der Waals surface area contributed by atoms with Crippen LogP contribution in [0.5, 0.6) is 0 Å². The Morgan fingerprint density at radius 1 is 1.30 bits per heavy atom. The van der Waals surface area contributed by atoms with E-state index in [9.17, 15) is 0 Å². The van der Waals surface area contributed by atoms with Gasteiger partial charge in [-0.3, -0.25) is 0 Å². The molecular weight excluding hydrogens is 340 g/mol. The second kappa shape index (κ2) is 9.84. The molecule has 2 aromatic rings. The Bertz CT molecular complexity index is 599. The lowest BCUT2D eigenvalue weighted by molar-refractivity contribution is 0.400. The maximum atomic E-state index is 8.81. The van der Waals surface area contributed by atoms with E-state index < -0.39 is 7.12 Å². The molecular formula is C13H20BCl2N5O2. The van der Waals surface area contributed by atoms with Crippen LogP contribution >= 0.6 is 24.0 Å². The van der Waals surface area contributed by atoms with Crippen molar-refractivity contribution in [3.63, 3.8) is 0 Å². The van der Waals surface area contributed by atoms with Crippen molar-refractivity contribution in [1.29, 1.82) is 0 Å². The Morgan fingerprint density at radius 2 is 2.09 bits per heavy atom. The maximum absolute atomic E-state index is 8.81. The standard InChI is InChI=1S/C13H19BClN5O2.ClH/c15-11-5-3-4-10(8-11)9-20-13(17-18-19-20)12(16)6-1-2-7-14(21)22;/h3-5,8,12,21-22H,1-2,6-7,9,16H2;1H. The van der Waals surface area contributed by atoms with Crippen LogP contribution in [-0.4, -0.2) is 37.4 Å². The molecule has 1 aromatic heterocycles. The van der Waals surface area contributed by atoms with Gasteiger partial charge in [-0.1, -0.05) is 36.6 Å². The number of halogens is 2. The first-order valence-corrected chi connectivity index (χ1v) is 7.56. The van der Waals surface area contributed by atoms with Crippen LogP contribution < -0.4 is 5.73 Å². The van der Waals surface area contributed by atoms with Crippen LogP contribution in [0.3, 0.4) is 0 Å². The highest BCUT2D eigenvalue weighted by atomic mass is 35.5. The van der Waals surface area contributed by atoms with Gasteiger partial charge in [0.25, 0.3) is 0 Å². The molecule has 0 spiro atoms. The molecule has 10 heteroatoms. The van der Waals surface area contributed by atoms with E-state index in [-0.39, 0.29) is 18.4 Å². The monoisotopic (exact) mass is 359 g/mol. The van der Waals surface area contributed by atoms with Gasteiger partial charge in [0.05, 0.1) is 12.6 Å². The molecule has 7 nitrogen and oxygen atoms in total. The van der Waals surface area contributed by atoms with Gasteiger partial charge >= 0.3 is 7.12 Å². The number of rotatable bonds is 8. The van der Waals surface area contributed by atoms with Gasteiger partial charge in [0.1, 0.15) is 0 Å². The van der Waals surface area contributed by atoms with Crippen LogP contribution in [0.1, 0.15) is 36.7 Å². The number of hydrogen-bond donors (Lipinski definition) is 3. The molecule has 1 aromatic carbocycles. The van der Waals surface area contributed by atoms with Crippen molar-refractivity contribution >= 4 is 31.1 Å². The highest BCUT2D eigenvalue weighted by molar-refractivity contribution is 6.40. The fraction of sp³-hybridized carbons (Fsp3) is 0.462. The third-order valence-corrected chi connectivity index (χ3v) is 3.58. The summed E-state index contributed by atoms with van der Waals surface area (Å²) in [6.45, 7) is 0.506. The molecule has 1 heterocycles. The zero-order chi connectivity index (χ0) is 15.9. The van der Waals surface area contributed by atoms with Crippen molar-refractivity contribution in [2.75, 3.05) is 0 Å². The van der Waals surface area contributed by atoms with E-state index in [4.69, 9.17) is 27.4 Å². The van der Waals surface area contributed by atoms with E-state index >= 15 is 0 Å². The van der Waals surface area contributed by atoms with E-state index in [0.29, 0.717) is 36.6 Å². The zero-order valence-corrected chi connectivity index (χ0v) is 14.1. The van der Waals surface area contributed by atoms with Crippen molar-refractivity contribution in [2.24, 2.45) is 5.73 Å². The third kappa shape index (κ3) is 6.44. The maximum Gasteiger partial charge on any atom is 0.451 e. The molecule has 1 unspecified atom stereocenters. The molecule has 0 saturated carbocycles. The Morgan fingerprint density at radius 3 is 2.78 bits per heavy atom. The summed E-state index contributed by atoms with van der Waals surface area (Å²) in [6, 6.07) is 7.21. The molecule has 0 saturated heterocycles. The van der Waals surface area contributed by atoms with E-state index in [1.807, 2.05) is 24.3 Å². The summed E-state index contributed by atoms with van der Waals surface area (Å²) in [5, 5.41) is 29.9. The molecule has 0 aliphatic carbocycles. The van der Waals surface area contributed by atoms with E-state index in [0.717, 1.165) is 12.0 Å². The number of tetrazole rings is 1. The minimum absolute atomic E-state index is 0. The van der Waals surface area contributed by atoms with Crippen LogP contribution in [0.2, 0.25) is 11.3 Å². The van der Waals surface area contributed by atoms with Crippen molar-refractivity contribution in [3.05, 3.63) is 40.7 Å². The predicted octanol–water partition coefficient (Wildman–Crippen LogP) is 1.44. The molecule has 4 N–H and O–H groups in total. The van der Waals surface area contributed by atoms with Gasteiger partial charge in [0.15, 0.2) is 5.82 Å². The Labute approximate surface area is 146 Å². The smallest absolute Gasteiger partial charge is 0.427 e. The molecule has 2 rings (SSSR count). The molecule has 0 bridgehead atoms. The topological polar surface area (TPSA) is 110 Å². The van der Waals surface area contributed by atoms with Gasteiger partial charge in [-0.25, -0.2) is 4.68 Å². The predicted molar refractivity (Wildman–Crippen MR) is 91.4 cm³/mol. The first-order chi connectivity index (χ1) is 10.6. The fourth-order valence-corrected chi connectivity index (χ4v) is 2.43. The van der Waals surface area contributed by atoms with Crippen LogP contribution in [0.25, 0.3) is 0 Å². The summed E-state index contributed by atoms with van der Waals surface area (Å²) in [4.78, 5) is 0. The minimum atomic E-state index is -1.26. The van der Waals surface area contributed by atoms with Crippen LogP contribution in [-0.2, 0) is 6.54 Å². The van der Waals surface area contributed by atoms with E-state index in [2.05, 4.69) is 15.5 Å². The molecule has 126 valence electrons. The van der Waals surface area contributed by atoms with Crippen molar-refractivity contribution in [1.82, 2.24) is 20.2 Å². The lowest BCUT2D eigenvalue weighted by Crippen LogP contribution is -2.18. The second-order valence-electron chi connectivity index (χ2n) is 5.20. The molecule has 0 aliphatic rings. The average molecular weight is 360 g/mol. The summed E-state index contributed by atoms with van der Waals surface area (Å²) in [5.74, 6) is 0.615. The van der Waals surface area contributed by atoms with Gasteiger partial charge in [0, 0.05) is 5.02 Å². The number of hydrogen-bond acceptors (Lipinski definition) is 6. The van der Waals surface area contributed by atoms with Crippen LogP contribution in [0, 0.1) is 0 Å². The minimum Gasteiger partial charge on any atom is -0.427 e. The molecule has 23 heavy (non-hydrogen) atoms. The number of benzene rings is 1. The second-order valence-corrected chi connectivity index (χ2v) is 5.63. The Kier molecular flexibility index (Phi) is 8.50. The summed E-state index contributed by atoms with van der Waals surface area (Å²) < 4.78 is 1.66. The van der Waals surface area contributed by atoms with E-state index in [1.165, 1.54) is 0 Å². The van der Waals surface area contributed by atoms with Crippen molar-refractivity contribution in [2.45, 2.75) is 38.2 Å². The molecule has 0 radical (unpaired) electrons. The lowest BCUT2D eigenvalue weighted by atomic mass is 9.83. The Balaban J connectivity index is 0.00000264. The Hall–Kier alpha value is -1.19. The van der Waals surface area contributed by atoms with Crippen molar-refractivity contribution in [3.8, 4) is 0 Å². The van der Waals surface area contributed by atoms with Gasteiger partial charge < -0.3 is 15.8 Å². The highest BCUT2D eigenvalue weighted by Crippen LogP contribution is 2.17. The van der Waals surface area contributed by atoms with Gasteiger partial charge in [0.2, 0.25) is 0 Å². The summed E-state index contributed by atoms with van der Waals surface area (Å²) in [5.41, 5.74) is 7.12. The third-order valence-electron chi connectivity index (χ3n) is 3.34. The molecule has 1 atom stereocenters. The van der Waals surface area contributed by atoms with Gasteiger partial charge in [-0.15, -0.1) is 17.5 Å². The first kappa shape index (κ1) is 19.9. The van der Waals surface area contributed by atoms with Gasteiger partial charge in [-0.05, 0) is 40.9 Å². The largest absolute Gasteiger partial charge is 0.451 e. The number of aromatic nitrogens is 4. The van der Waals surface area contributed by atoms with E-state index in [1.54, 1.807) is 4.68 Å². The van der Waals surface area contributed by atoms with Crippen molar-refractivity contribution < 1.29 is 10.0 Å². The average Bonchev–Trinajstić information content (AvgIpc) is 2.91. The first-order valence-electron chi connectivity index (χ1n) is 7.18. The van der Waals surface area contributed by atoms with Gasteiger partial charge in [-0.2, -0.15) is 0 Å². The summed E-state index contributed by atoms with van der Waals surface area (Å²) >= 11 is 5.97. The normalized spacial score (nSPS) is 11.8. The summed E-state index contributed by atoms with van der Waals surface area (Å²) in [7, 11) is -1.26. The SMILES string of the molecule is Cl.NC(CCCCB(O)O)c1nnnn1Cc1cccc(Cl)c1. The molecule has 0 aliphatic heterocycles. The lowest BCUT2D eigenvalue weighted by Gasteiger charge is -2.11. The molecule has 0 fully saturated rings. The van der Waals surface area contributed by atoms with Crippen LogP contribution in [0.15, 0.2) is 24.3 Å². The molecule has 0 amide bonds. The fourth-order valence-electron chi connectivity index (χ4n) is 2.22.